The summed E-state index contributed by atoms with van der Waals surface area (Å²) in [6.45, 7) is 12.6. The van der Waals surface area contributed by atoms with Gasteiger partial charge in [0.25, 0.3) is 0 Å². The number of H-pyrrole nitrogens is 1. The second-order valence-electron chi connectivity index (χ2n) is 6.29. The number of hydrogen-bond acceptors (Lipinski definition) is 1. The summed E-state index contributed by atoms with van der Waals surface area (Å²) in [5.74, 6) is 0. The molecule has 0 fully saturated rings. The molecule has 0 bridgehead atoms. The van der Waals surface area contributed by atoms with E-state index >= 15 is 0 Å². The lowest BCUT2D eigenvalue weighted by Gasteiger charge is -2.36. The zero-order chi connectivity index (χ0) is 14.9. The maximum atomic E-state index is 13.9. The van der Waals surface area contributed by atoms with Crippen LogP contribution >= 0.6 is 0 Å². The maximum absolute atomic E-state index is 13.9. The summed E-state index contributed by atoms with van der Waals surface area (Å²) in [6, 6.07) is 0.352. The predicted octanol–water partition coefficient (Wildman–Crippen LogP) is 4.19. The Morgan fingerprint density at radius 1 is 1.50 bits per heavy atom. The topological polar surface area (TPSA) is 19.0 Å². The molecule has 1 N–H and O–H groups in total. The molecule has 1 atom stereocenters. The van der Waals surface area contributed by atoms with Crippen molar-refractivity contribution >= 4 is 12.2 Å². The smallest absolute Gasteiger partial charge is 0.118 e. The van der Waals surface area contributed by atoms with Crippen molar-refractivity contribution < 1.29 is 4.39 Å². The number of aromatic nitrogens is 1. The van der Waals surface area contributed by atoms with Crippen molar-refractivity contribution in [2.45, 2.75) is 52.4 Å². The first-order chi connectivity index (χ1) is 9.35. The van der Waals surface area contributed by atoms with E-state index in [1.165, 1.54) is 16.8 Å². The van der Waals surface area contributed by atoms with Gasteiger partial charge in [-0.25, -0.2) is 4.39 Å². The minimum absolute atomic E-state index is 0.352. The van der Waals surface area contributed by atoms with Gasteiger partial charge < -0.3 is 4.98 Å². The van der Waals surface area contributed by atoms with E-state index in [1.54, 1.807) is 13.8 Å². The molecule has 2 nitrogen and oxygen atoms in total. The molecule has 2 heterocycles. The Labute approximate surface area is 121 Å². The zero-order valence-electron chi connectivity index (χ0n) is 13.0. The number of allylic oxidation sites excluding steroid dienone is 1. The van der Waals surface area contributed by atoms with E-state index in [2.05, 4.69) is 29.5 Å². The number of alkyl halides is 1. The van der Waals surface area contributed by atoms with Crippen LogP contribution < -0.4 is 0 Å². The van der Waals surface area contributed by atoms with E-state index in [0.717, 1.165) is 18.7 Å². The molecule has 0 aliphatic carbocycles. The molecule has 1 aliphatic heterocycles. The van der Waals surface area contributed by atoms with Crippen molar-refractivity contribution in [2.24, 2.45) is 0 Å². The van der Waals surface area contributed by atoms with Gasteiger partial charge in [0.1, 0.15) is 5.67 Å². The molecule has 0 saturated carbocycles. The highest BCUT2D eigenvalue weighted by molar-refractivity contribution is 5.67. The minimum atomic E-state index is -1.16. The average molecular weight is 276 g/mol. The summed E-state index contributed by atoms with van der Waals surface area (Å²) in [4.78, 5) is 5.68. The Bertz CT molecular complexity index is 520. The number of fused-ring (bicyclic) bond motifs is 1. The second kappa shape index (κ2) is 5.57. The Hall–Kier alpha value is -1.35. The molecule has 0 amide bonds. The second-order valence-corrected chi connectivity index (χ2v) is 6.29. The number of aromatic amines is 1. The Kier molecular flexibility index (Phi) is 4.19. The highest BCUT2D eigenvalue weighted by Gasteiger charge is 2.30. The van der Waals surface area contributed by atoms with E-state index in [9.17, 15) is 4.39 Å². The van der Waals surface area contributed by atoms with Crippen LogP contribution in [0.2, 0.25) is 0 Å². The third kappa shape index (κ3) is 3.04. The molecular formula is C17H25FN2. The van der Waals surface area contributed by atoms with Crippen LogP contribution in [0.4, 0.5) is 4.39 Å². The lowest BCUT2D eigenvalue weighted by Crippen LogP contribution is -2.44. The monoisotopic (exact) mass is 276 g/mol. The number of hydrogen-bond donors (Lipinski definition) is 1. The predicted molar refractivity (Wildman–Crippen MR) is 84.4 cm³/mol. The summed E-state index contributed by atoms with van der Waals surface area (Å²) in [6.07, 6.45) is 6.96. The quantitative estimate of drug-likeness (QED) is 0.874. The minimum Gasteiger partial charge on any atom is -0.357 e. The molecule has 0 spiro atoms. The van der Waals surface area contributed by atoms with Gasteiger partial charge >= 0.3 is 0 Å². The normalized spacial score (nSPS) is 20.4. The van der Waals surface area contributed by atoms with Gasteiger partial charge in [0.15, 0.2) is 0 Å². The molecule has 1 unspecified atom stereocenters. The van der Waals surface area contributed by atoms with Crippen LogP contribution in [0.5, 0.6) is 0 Å². The zero-order valence-corrected chi connectivity index (χ0v) is 13.0. The lowest BCUT2D eigenvalue weighted by atomic mass is 9.95. The van der Waals surface area contributed by atoms with E-state index in [0.29, 0.717) is 12.6 Å². The average Bonchev–Trinajstić information content (AvgIpc) is 2.65. The van der Waals surface area contributed by atoms with E-state index in [-0.39, 0.29) is 0 Å². The number of nitrogens with zero attached hydrogens (tertiary/aromatic N) is 1. The first kappa shape index (κ1) is 15.0. The Balaban J connectivity index is 2.32. The number of rotatable bonds is 4. The first-order valence-electron chi connectivity index (χ1n) is 7.27. The van der Waals surface area contributed by atoms with Gasteiger partial charge in [-0.3, -0.25) is 4.90 Å². The van der Waals surface area contributed by atoms with Crippen LogP contribution in [0, 0.1) is 0 Å². The molecule has 1 aromatic rings. The lowest BCUT2D eigenvalue weighted by molar-refractivity contribution is 0.0850. The summed E-state index contributed by atoms with van der Waals surface area (Å²) >= 11 is 0. The van der Waals surface area contributed by atoms with Crippen LogP contribution in [0.15, 0.2) is 12.7 Å². The van der Waals surface area contributed by atoms with Crippen LogP contribution in [-0.2, 0) is 13.0 Å². The van der Waals surface area contributed by atoms with Crippen LogP contribution in [0.1, 0.15) is 50.2 Å². The molecule has 0 saturated heterocycles. The van der Waals surface area contributed by atoms with Gasteiger partial charge in [-0.05, 0) is 45.8 Å². The van der Waals surface area contributed by atoms with Crippen LogP contribution in [0.25, 0.3) is 12.2 Å². The summed E-state index contributed by atoms with van der Waals surface area (Å²) in [7, 11) is 0. The standard InChI is InChI=1S/C17H25FN2/c1-6-8-15-13(7-2)14-9-12(3)20(10-16(14)19-15)11-17(4,5)18/h6-8,12,19H,2,9-11H2,1,3-5H3/b8-6-. The molecule has 110 valence electrons. The SMILES string of the molecule is C=Cc1c(/C=C\C)[nH]c2c1CC(C)N(CC(C)(C)F)C2. The van der Waals surface area contributed by atoms with E-state index in [1.807, 2.05) is 19.1 Å². The number of halogens is 1. The highest BCUT2D eigenvalue weighted by atomic mass is 19.1. The van der Waals surface area contributed by atoms with Gasteiger partial charge in [0.2, 0.25) is 0 Å². The van der Waals surface area contributed by atoms with Crippen molar-refractivity contribution in [1.29, 1.82) is 0 Å². The maximum Gasteiger partial charge on any atom is 0.118 e. The first-order valence-corrected chi connectivity index (χ1v) is 7.27. The van der Waals surface area contributed by atoms with Crippen LogP contribution in [-0.4, -0.2) is 28.1 Å². The van der Waals surface area contributed by atoms with Crippen molar-refractivity contribution in [2.75, 3.05) is 6.54 Å². The molecule has 0 aromatic carbocycles. The van der Waals surface area contributed by atoms with Crippen molar-refractivity contribution in [3.63, 3.8) is 0 Å². The molecular weight excluding hydrogens is 251 g/mol. The molecule has 1 aliphatic rings. The molecule has 3 heteroatoms. The highest BCUT2D eigenvalue weighted by Crippen LogP contribution is 2.30. The van der Waals surface area contributed by atoms with Gasteiger partial charge in [0, 0.05) is 36.1 Å². The molecule has 1 aromatic heterocycles. The van der Waals surface area contributed by atoms with Crippen molar-refractivity contribution in [1.82, 2.24) is 9.88 Å². The van der Waals surface area contributed by atoms with Gasteiger partial charge in [-0.2, -0.15) is 0 Å². The van der Waals surface area contributed by atoms with Crippen molar-refractivity contribution in [3.05, 3.63) is 35.2 Å². The Morgan fingerprint density at radius 3 is 2.75 bits per heavy atom. The van der Waals surface area contributed by atoms with Gasteiger partial charge in [0.05, 0.1) is 0 Å². The third-order valence-corrected chi connectivity index (χ3v) is 3.87. The third-order valence-electron chi connectivity index (χ3n) is 3.87. The van der Waals surface area contributed by atoms with E-state index < -0.39 is 5.67 Å². The van der Waals surface area contributed by atoms with Gasteiger partial charge in [-0.1, -0.05) is 18.7 Å². The molecule has 2 rings (SSSR count). The summed E-state index contributed by atoms with van der Waals surface area (Å²) < 4.78 is 13.9. The van der Waals surface area contributed by atoms with Gasteiger partial charge in [-0.15, -0.1) is 0 Å². The Morgan fingerprint density at radius 2 is 2.20 bits per heavy atom. The molecule has 20 heavy (non-hydrogen) atoms. The molecule has 0 radical (unpaired) electrons. The summed E-state index contributed by atoms with van der Waals surface area (Å²) in [5, 5.41) is 0. The fourth-order valence-corrected chi connectivity index (χ4v) is 3.01. The number of nitrogens with one attached hydrogen (secondary N) is 1. The van der Waals surface area contributed by atoms with Crippen molar-refractivity contribution in [3.8, 4) is 0 Å². The largest absolute Gasteiger partial charge is 0.357 e. The van der Waals surface area contributed by atoms with E-state index in [4.69, 9.17) is 0 Å². The van der Waals surface area contributed by atoms with Crippen LogP contribution in [0.3, 0.4) is 0 Å². The fraction of sp³-hybridized carbons (Fsp3) is 0.529. The summed E-state index contributed by atoms with van der Waals surface area (Å²) in [5.41, 5.74) is 3.69. The fourth-order valence-electron chi connectivity index (χ4n) is 3.01.